The molecule has 0 heterocycles. The Bertz CT molecular complexity index is 849. The van der Waals surface area contributed by atoms with Gasteiger partial charge in [0.1, 0.15) is 18.2 Å². The Kier molecular flexibility index (Phi) is 5.39. The van der Waals surface area contributed by atoms with Gasteiger partial charge >= 0.3 is 0 Å². The highest BCUT2D eigenvalue weighted by Gasteiger charge is 2.03. The third-order valence-electron chi connectivity index (χ3n) is 3.36. The zero-order valence-corrected chi connectivity index (χ0v) is 14.4. The molecule has 0 aliphatic carbocycles. The summed E-state index contributed by atoms with van der Waals surface area (Å²) in [5.41, 5.74) is 2.65. The zero-order chi connectivity index (χ0) is 16.8. The van der Waals surface area contributed by atoms with E-state index in [2.05, 4.69) is 20.9 Å². The molecule has 0 radical (unpaired) electrons. The lowest BCUT2D eigenvalue weighted by Gasteiger charge is -2.09. The van der Waals surface area contributed by atoms with E-state index in [-0.39, 0.29) is 5.82 Å². The molecule has 0 fully saturated rings. The van der Waals surface area contributed by atoms with Gasteiger partial charge in [0.2, 0.25) is 0 Å². The first-order chi connectivity index (χ1) is 11.7. The molecule has 3 rings (SSSR count). The number of benzene rings is 3. The summed E-state index contributed by atoms with van der Waals surface area (Å²) >= 11 is 3.50. The molecule has 2 nitrogen and oxygen atoms in total. The monoisotopic (exact) mass is 383 g/mol. The highest BCUT2D eigenvalue weighted by molar-refractivity contribution is 9.10. The molecule has 3 aromatic carbocycles. The van der Waals surface area contributed by atoms with Gasteiger partial charge in [0.05, 0.1) is 10.2 Å². The second-order valence-electron chi connectivity index (χ2n) is 5.20. The molecule has 0 aromatic heterocycles. The lowest BCUT2D eigenvalue weighted by molar-refractivity contribution is 0.303. The summed E-state index contributed by atoms with van der Waals surface area (Å²) in [6.45, 7) is 0.313. The lowest BCUT2D eigenvalue weighted by atomic mass is 10.2. The van der Waals surface area contributed by atoms with Crippen LogP contribution >= 0.6 is 15.9 Å². The quantitative estimate of drug-likeness (QED) is 0.501. The van der Waals surface area contributed by atoms with Crippen LogP contribution in [0.4, 0.5) is 10.1 Å². The first-order valence-electron chi connectivity index (χ1n) is 7.46. The largest absolute Gasteiger partial charge is 0.488 e. The Hall–Kier alpha value is -2.46. The Balaban J connectivity index is 1.67. The van der Waals surface area contributed by atoms with Crippen molar-refractivity contribution in [3.05, 3.63) is 94.2 Å². The van der Waals surface area contributed by atoms with Crippen LogP contribution in [0.2, 0.25) is 0 Å². The van der Waals surface area contributed by atoms with Gasteiger partial charge in [0.15, 0.2) is 0 Å². The Morgan fingerprint density at radius 3 is 2.54 bits per heavy atom. The highest BCUT2D eigenvalue weighted by atomic mass is 79.9. The van der Waals surface area contributed by atoms with Gasteiger partial charge in [-0.1, -0.05) is 30.3 Å². The molecule has 120 valence electrons. The molecule has 0 saturated carbocycles. The van der Waals surface area contributed by atoms with E-state index >= 15 is 0 Å². The van der Waals surface area contributed by atoms with Crippen molar-refractivity contribution in [2.75, 3.05) is 0 Å². The predicted molar refractivity (Wildman–Crippen MR) is 98.6 cm³/mol. The van der Waals surface area contributed by atoms with Crippen molar-refractivity contribution in [2.45, 2.75) is 6.61 Å². The molecule has 0 aliphatic rings. The number of hydrogen-bond donors (Lipinski definition) is 0. The molecule has 0 saturated heterocycles. The molecule has 4 heteroatoms. The van der Waals surface area contributed by atoms with Gasteiger partial charge in [-0.05, 0) is 69.5 Å². The maximum atomic E-state index is 13.2. The maximum absolute atomic E-state index is 13.2. The van der Waals surface area contributed by atoms with Crippen LogP contribution in [0.1, 0.15) is 11.1 Å². The summed E-state index contributed by atoms with van der Waals surface area (Å²) in [5, 5.41) is 0. The van der Waals surface area contributed by atoms with Crippen molar-refractivity contribution in [3.8, 4) is 5.75 Å². The fraction of sp³-hybridized carbons (Fsp3) is 0.0500. The topological polar surface area (TPSA) is 21.6 Å². The second kappa shape index (κ2) is 7.88. The summed E-state index contributed by atoms with van der Waals surface area (Å²) in [4.78, 5) is 4.42. The fourth-order valence-corrected chi connectivity index (χ4v) is 2.68. The van der Waals surface area contributed by atoms with Crippen LogP contribution in [0.15, 0.2) is 82.3 Å². The number of ether oxygens (including phenoxy) is 1. The van der Waals surface area contributed by atoms with Gasteiger partial charge in [0.25, 0.3) is 0 Å². The normalized spacial score (nSPS) is 10.9. The molecule has 0 atom stereocenters. The molecule has 24 heavy (non-hydrogen) atoms. The molecular formula is C20H15BrFNO. The number of rotatable bonds is 5. The van der Waals surface area contributed by atoms with E-state index in [1.165, 1.54) is 12.1 Å². The molecular weight excluding hydrogens is 369 g/mol. The maximum Gasteiger partial charge on any atom is 0.134 e. The van der Waals surface area contributed by atoms with E-state index in [4.69, 9.17) is 4.74 Å². The fourth-order valence-electron chi connectivity index (χ4n) is 2.17. The van der Waals surface area contributed by atoms with Crippen molar-refractivity contribution >= 4 is 27.8 Å². The average Bonchev–Trinajstić information content (AvgIpc) is 2.60. The summed E-state index contributed by atoms with van der Waals surface area (Å²) in [5.74, 6) is 0.443. The van der Waals surface area contributed by atoms with Gasteiger partial charge < -0.3 is 4.74 Å². The van der Waals surface area contributed by atoms with E-state index in [1.54, 1.807) is 12.3 Å². The Labute approximate surface area is 148 Å². The molecule has 0 unspecified atom stereocenters. The van der Waals surface area contributed by atoms with Crippen molar-refractivity contribution in [2.24, 2.45) is 4.99 Å². The second-order valence-corrected chi connectivity index (χ2v) is 6.06. The molecule has 0 bridgehead atoms. The van der Waals surface area contributed by atoms with Crippen LogP contribution in [0, 0.1) is 5.82 Å². The first kappa shape index (κ1) is 16.4. The lowest BCUT2D eigenvalue weighted by Crippen LogP contribution is -1.97. The molecule has 0 spiro atoms. The van der Waals surface area contributed by atoms with Crippen LogP contribution in [0.25, 0.3) is 0 Å². The molecule has 3 aromatic rings. The van der Waals surface area contributed by atoms with Crippen LogP contribution < -0.4 is 4.74 Å². The number of halogens is 2. The molecule has 0 aliphatic heterocycles. The smallest absolute Gasteiger partial charge is 0.134 e. The van der Waals surface area contributed by atoms with Gasteiger partial charge in [-0.2, -0.15) is 0 Å². The van der Waals surface area contributed by atoms with E-state index in [1.807, 2.05) is 54.6 Å². The standard InChI is InChI=1S/C20H15BrFNO/c21-19-12-15(13-23-18-7-2-1-3-8-18)9-10-20(19)24-14-16-5-4-6-17(22)11-16/h1-13H,14H2. The minimum atomic E-state index is -0.261. The summed E-state index contributed by atoms with van der Waals surface area (Å²) in [6.07, 6.45) is 1.80. The molecule has 0 N–H and O–H groups in total. The highest BCUT2D eigenvalue weighted by Crippen LogP contribution is 2.26. The Morgan fingerprint density at radius 1 is 0.958 bits per heavy atom. The van der Waals surface area contributed by atoms with E-state index < -0.39 is 0 Å². The van der Waals surface area contributed by atoms with Crippen molar-refractivity contribution in [3.63, 3.8) is 0 Å². The van der Waals surface area contributed by atoms with Crippen LogP contribution in [0.5, 0.6) is 5.75 Å². The van der Waals surface area contributed by atoms with Gasteiger partial charge in [-0.25, -0.2) is 4.39 Å². The Morgan fingerprint density at radius 2 is 1.79 bits per heavy atom. The minimum Gasteiger partial charge on any atom is -0.488 e. The van der Waals surface area contributed by atoms with E-state index in [0.29, 0.717) is 12.4 Å². The zero-order valence-electron chi connectivity index (χ0n) is 12.8. The van der Waals surface area contributed by atoms with Crippen molar-refractivity contribution in [1.82, 2.24) is 0 Å². The van der Waals surface area contributed by atoms with Gasteiger partial charge in [-0.15, -0.1) is 0 Å². The van der Waals surface area contributed by atoms with Crippen LogP contribution in [-0.2, 0) is 6.61 Å². The predicted octanol–water partition coefficient (Wildman–Crippen LogP) is 5.92. The molecule has 0 amide bonds. The van der Waals surface area contributed by atoms with Gasteiger partial charge in [0, 0.05) is 6.21 Å². The number of aliphatic imine (C=N–C) groups is 1. The third kappa shape index (κ3) is 4.52. The number of hydrogen-bond acceptors (Lipinski definition) is 2. The van der Waals surface area contributed by atoms with Crippen LogP contribution in [-0.4, -0.2) is 6.21 Å². The first-order valence-corrected chi connectivity index (χ1v) is 8.26. The minimum absolute atomic E-state index is 0.261. The SMILES string of the molecule is Fc1cccc(COc2ccc(C=Nc3ccccc3)cc2Br)c1. The van der Waals surface area contributed by atoms with E-state index in [0.717, 1.165) is 21.3 Å². The van der Waals surface area contributed by atoms with Crippen molar-refractivity contribution in [1.29, 1.82) is 0 Å². The van der Waals surface area contributed by atoms with E-state index in [9.17, 15) is 4.39 Å². The van der Waals surface area contributed by atoms with Gasteiger partial charge in [-0.3, -0.25) is 4.99 Å². The van der Waals surface area contributed by atoms with Crippen LogP contribution in [0.3, 0.4) is 0 Å². The number of nitrogens with zero attached hydrogens (tertiary/aromatic N) is 1. The summed E-state index contributed by atoms with van der Waals surface area (Å²) in [7, 11) is 0. The van der Waals surface area contributed by atoms with Crippen molar-refractivity contribution < 1.29 is 9.13 Å². The number of para-hydroxylation sites is 1. The average molecular weight is 384 g/mol. The third-order valence-corrected chi connectivity index (χ3v) is 3.98. The summed E-state index contributed by atoms with van der Waals surface area (Å²) < 4.78 is 19.7. The summed E-state index contributed by atoms with van der Waals surface area (Å²) in [6, 6.07) is 21.9.